The summed E-state index contributed by atoms with van der Waals surface area (Å²) in [4.78, 5) is 0. The van der Waals surface area contributed by atoms with Crippen LogP contribution in [-0.4, -0.2) is 18.1 Å². The van der Waals surface area contributed by atoms with Crippen molar-refractivity contribution in [2.24, 2.45) is 0 Å². The number of hydrogen-bond donors (Lipinski definition) is 0. The Kier molecular flexibility index (Phi) is 4.39. The van der Waals surface area contributed by atoms with Crippen LogP contribution >= 0.6 is 0 Å². The van der Waals surface area contributed by atoms with Crippen LogP contribution in [0, 0.1) is 5.21 Å². The summed E-state index contributed by atoms with van der Waals surface area (Å²) < 4.78 is 5.95. The van der Waals surface area contributed by atoms with Crippen LogP contribution in [0.2, 0.25) is 0 Å². The summed E-state index contributed by atoms with van der Waals surface area (Å²) >= 11 is 0. The Bertz CT molecular complexity index is 791. The van der Waals surface area contributed by atoms with E-state index in [9.17, 15) is 5.21 Å². The highest BCUT2D eigenvalue weighted by Gasteiger charge is 2.03. The van der Waals surface area contributed by atoms with E-state index in [0.717, 1.165) is 27.2 Å². The molecule has 0 fully saturated rings. The lowest BCUT2D eigenvalue weighted by Gasteiger charge is -2.05. The highest BCUT2D eigenvalue weighted by Crippen LogP contribution is 2.20. The number of ether oxygens (including phenoxy) is 1. The SMILES string of the molecule is COc1ccc(/[N+]([O-])=C/c2ccc(-c3ccccc3)cc2)cc1. The predicted octanol–water partition coefficient (Wildman–Crippen LogP) is 4.62. The van der Waals surface area contributed by atoms with Gasteiger partial charge in [-0.3, -0.25) is 0 Å². The molecule has 3 aromatic carbocycles. The van der Waals surface area contributed by atoms with Gasteiger partial charge in [0.25, 0.3) is 0 Å². The number of rotatable bonds is 4. The Morgan fingerprint density at radius 2 is 1.39 bits per heavy atom. The standard InChI is InChI=1S/C20H17NO2/c1-23-20-13-11-19(12-14-20)21(22)15-16-7-9-18(10-8-16)17-5-3-2-4-6-17/h2-15H,1H3/b21-15-. The van der Waals surface area contributed by atoms with Gasteiger partial charge in [0.05, 0.1) is 7.11 Å². The molecule has 3 heteroatoms. The van der Waals surface area contributed by atoms with E-state index in [4.69, 9.17) is 4.74 Å². The molecule has 0 saturated heterocycles. The number of hydrogen-bond acceptors (Lipinski definition) is 2. The first kappa shape index (κ1) is 14.9. The smallest absolute Gasteiger partial charge is 0.216 e. The van der Waals surface area contributed by atoms with Crippen LogP contribution in [0.15, 0.2) is 78.9 Å². The van der Waals surface area contributed by atoms with Gasteiger partial charge >= 0.3 is 0 Å². The van der Waals surface area contributed by atoms with Gasteiger partial charge in [-0.15, -0.1) is 0 Å². The van der Waals surface area contributed by atoms with Crippen molar-refractivity contribution in [2.75, 3.05) is 7.11 Å². The summed E-state index contributed by atoms with van der Waals surface area (Å²) in [5.74, 6) is 0.731. The third-order valence-corrected chi connectivity index (χ3v) is 3.61. The Labute approximate surface area is 135 Å². The summed E-state index contributed by atoms with van der Waals surface area (Å²) in [6.07, 6.45) is 1.57. The van der Waals surface area contributed by atoms with E-state index in [0.29, 0.717) is 5.69 Å². The molecule has 23 heavy (non-hydrogen) atoms. The second kappa shape index (κ2) is 6.79. The van der Waals surface area contributed by atoms with Crippen LogP contribution in [0.3, 0.4) is 0 Å². The zero-order valence-electron chi connectivity index (χ0n) is 12.8. The topological polar surface area (TPSA) is 35.3 Å². The van der Waals surface area contributed by atoms with Crippen LogP contribution < -0.4 is 4.74 Å². The van der Waals surface area contributed by atoms with E-state index in [1.807, 2.05) is 42.5 Å². The normalized spacial score (nSPS) is 11.3. The molecule has 0 unspecified atom stereocenters. The fourth-order valence-corrected chi connectivity index (χ4v) is 2.33. The van der Waals surface area contributed by atoms with E-state index >= 15 is 0 Å². The molecule has 0 aliphatic heterocycles. The molecule has 0 aliphatic carbocycles. The van der Waals surface area contributed by atoms with E-state index in [1.165, 1.54) is 0 Å². The molecule has 0 atom stereocenters. The largest absolute Gasteiger partial charge is 0.618 e. The van der Waals surface area contributed by atoms with Gasteiger partial charge in [0.15, 0.2) is 6.21 Å². The highest BCUT2D eigenvalue weighted by molar-refractivity contribution is 5.78. The minimum atomic E-state index is 0.568. The summed E-state index contributed by atoms with van der Waals surface area (Å²) in [7, 11) is 1.60. The van der Waals surface area contributed by atoms with Crippen molar-refractivity contribution >= 4 is 11.9 Å². The van der Waals surface area contributed by atoms with Gasteiger partial charge in [0.1, 0.15) is 5.75 Å². The predicted molar refractivity (Wildman–Crippen MR) is 93.3 cm³/mol. The third kappa shape index (κ3) is 3.58. The van der Waals surface area contributed by atoms with Crippen LogP contribution in [0.5, 0.6) is 5.75 Å². The van der Waals surface area contributed by atoms with Crippen LogP contribution in [0.1, 0.15) is 5.56 Å². The van der Waals surface area contributed by atoms with Crippen LogP contribution in [-0.2, 0) is 0 Å². The zero-order valence-corrected chi connectivity index (χ0v) is 12.8. The first-order valence-electron chi connectivity index (χ1n) is 7.37. The number of methoxy groups -OCH3 is 1. The maximum atomic E-state index is 12.2. The van der Waals surface area contributed by atoms with E-state index in [1.54, 1.807) is 37.6 Å². The molecule has 0 spiro atoms. The lowest BCUT2D eigenvalue weighted by molar-refractivity contribution is -0.354. The average Bonchev–Trinajstić information content (AvgIpc) is 2.63. The van der Waals surface area contributed by atoms with Crippen molar-refractivity contribution in [1.29, 1.82) is 0 Å². The van der Waals surface area contributed by atoms with E-state index in [-0.39, 0.29) is 0 Å². The van der Waals surface area contributed by atoms with Crippen molar-refractivity contribution in [3.63, 3.8) is 0 Å². The van der Waals surface area contributed by atoms with E-state index < -0.39 is 0 Å². The fourth-order valence-electron chi connectivity index (χ4n) is 2.33. The van der Waals surface area contributed by atoms with Crippen LogP contribution in [0.25, 0.3) is 11.1 Å². The molecule has 3 aromatic rings. The third-order valence-electron chi connectivity index (χ3n) is 3.61. The Balaban J connectivity index is 1.81. The van der Waals surface area contributed by atoms with Crippen molar-refractivity contribution in [1.82, 2.24) is 0 Å². The summed E-state index contributed by atoms with van der Waals surface area (Å²) in [5, 5.41) is 12.2. The number of benzene rings is 3. The number of nitrogens with zero attached hydrogens (tertiary/aromatic N) is 1. The van der Waals surface area contributed by atoms with Gasteiger partial charge < -0.3 is 9.94 Å². The minimum absolute atomic E-state index is 0.568. The molecule has 0 bridgehead atoms. The summed E-state index contributed by atoms with van der Waals surface area (Å²) in [6.45, 7) is 0. The van der Waals surface area contributed by atoms with Gasteiger partial charge in [-0.1, -0.05) is 42.5 Å². The van der Waals surface area contributed by atoms with E-state index in [2.05, 4.69) is 12.1 Å². The summed E-state index contributed by atoms with van der Waals surface area (Å²) in [6, 6.07) is 25.1. The molecular weight excluding hydrogens is 286 g/mol. The van der Waals surface area contributed by atoms with Gasteiger partial charge in [0, 0.05) is 17.7 Å². The lowest BCUT2D eigenvalue weighted by atomic mass is 10.0. The molecular formula is C20H17NO2. The minimum Gasteiger partial charge on any atom is -0.618 e. The van der Waals surface area contributed by atoms with Crippen molar-refractivity contribution in [2.45, 2.75) is 0 Å². The van der Waals surface area contributed by atoms with Gasteiger partial charge in [-0.2, -0.15) is 4.74 Å². The van der Waals surface area contributed by atoms with Gasteiger partial charge in [-0.05, 0) is 35.4 Å². The Morgan fingerprint density at radius 3 is 2.00 bits per heavy atom. The van der Waals surface area contributed by atoms with Crippen molar-refractivity contribution in [3.8, 4) is 16.9 Å². The fraction of sp³-hybridized carbons (Fsp3) is 0.0500. The van der Waals surface area contributed by atoms with Crippen molar-refractivity contribution in [3.05, 3.63) is 89.6 Å². The molecule has 0 N–H and O–H groups in total. The highest BCUT2D eigenvalue weighted by atomic mass is 16.5. The average molecular weight is 303 g/mol. The maximum Gasteiger partial charge on any atom is 0.216 e. The molecule has 0 radical (unpaired) electrons. The van der Waals surface area contributed by atoms with Crippen LogP contribution in [0.4, 0.5) is 5.69 Å². The molecule has 0 heterocycles. The second-order valence-corrected chi connectivity index (χ2v) is 5.14. The molecule has 0 saturated carbocycles. The summed E-state index contributed by atoms with van der Waals surface area (Å²) in [5.41, 5.74) is 3.71. The zero-order chi connectivity index (χ0) is 16.1. The molecule has 3 nitrogen and oxygen atoms in total. The molecule has 3 rings (SSSR count). The Morgan fingerprint density at radius 1 is 0.783 bits per heavy atom. The molecule has 0 aromatic heterocycles. The Hall–Kier alpha value is -3.07. The monoisotopic (exact) mass is 303 g/mol. The lowest BCUT2D eigenvalue weighted by Crippen LogP contribution is -1.98. The molecule has 0 aliphatic rings. The molecule has 0 amide bonds. The first-order chi connectivity index (χ1) is 11.3. The van der Waals surface area contributed by atoms with Crippen molar-refractivity contribution < 1.29 is 9.48 Å². The quantitative estimate of drug-likeness (QED) is 0.305. The van der Waals surface area contributed by atoms with Gasteiger partial charge in [0.2, 0.25) is 5.69 Å². The second-order valence-electron chi connectivity index (χ2n) is 5.14. The van der Waals surface area contributed by atoms with Gasteiger partial charge in [-0.25, -0.2) is 0 Å². The molecule has 114 valence electrons. The first-order valence-corrected chi connectivity index (χ1v) is 7.37. The maximum absolute atomic E-state index is 12.2.